The maximum absolute atomic E-state index is 2.48. The summed E-state index contributed by atoms with van der Waals surface area (Å²) in [6.07, 6.45) is 0. The Kier molecular flexibility index (Phi) is 8.39. The minimum atomic E-state index is 1.10. The summed E-state index contributed by atoms with van der Waals surface area (Å²) in [7, 11) is 0. The molecule has 0 aliphatic rings. The molecule has 0 aliphatic carbocycles. The average molecular weight is 795 g/mol. The number of hydrogen-bond donors (Lipinski definition) is 0. The van der Waals surface area contributed by atoms with Gasteiger partial charge in [-0.25, -0.2) is 0 Å². The number of anilines is 3. The fourth-order valence-electron chi connectivity index (χ4n) is 9.28. The fourth-order valence-corrected chi connectivity index (χ4v) is 10.5. The van der Waals surface area contributed by atoms with Crippen LogP contribution in [0.5, 0.6) is 0 Å². The van der Waals surface area contributed by atoms with E-state index >= 15 is 0 Å². The molecule has 0 saturated heterocycles. The van der Waals surface area contributed by atoms with Gasteiger partial charge in [0.15, 0.2) is 0 Å². The van der Waals surface area contributed by atoms with Gasteiger partial charge < -0.3 is 9.47 Å². The molecule has 3 heteroatoms. The molecule has 0 N–H and O–H groups in total. The van der Waals surface area contributed by atoms with Crippen LogP contribution < -0.4 is 4.90 Å². The van der Waals surface area contributed by atoms with Crippen molar-refractivity contribution in [2.45, 2.75) is 0 Å². The molecule has 0 bridgehead atoms. The van der Waals surface area contributed by atoms with E-state index in [-0.39, 0.29) is 0 Å². The SMILES string of the molecule is c1ccc(-c2ccc(N(c3ccc(-c4cccc5ccccc45)cc3)c3cc(-n4c5ccccc5c5ccc(-c6ccccc6)cc54)cc4c3sc3ccccc34)cc2)cc1. The molecule has 0 amide bonds. The standard InChI is InChI=1S/C58H38N2S/c1-3-14-39(15-4-1)41-26-31-45(32-27-41)59(46-33-28-43(29-34-46)49-23-13-19-42-18-7-8-20-48(42)49)56-38-47(37-53-52-22-10-12-25-57(52)61-58(53)56)60-54-24-11-9-21-50(54)51-35-30-44(36-55(51)60)40-16-5-2-6-17-40/h1-38H. The van der Waals surface area contributed by atoms with Gasteiger partial charge in [-0.3, -0.25) is 0 Å². The number of thiophene rings is 1. The van der Waals surface area contributed by atoms with Crippen molar-refractivity contribution in [2.75, 3.05) is 4.90 Å². The Morgan fingerprint density at radius 3 is 1.66 bits per heavy atom. The van der Waals surface area contributed by atoms with E-state index in [1.54, 1.807) is 0 Å². The summed E-state index contributed by atoms with van der Waals surface area (Å²) in [4.78, 5) is 2.46. The number of para-hydroxylation sites is 1. The molecule has 0 fully saturated rings. The lowest BCUT2D eigenvalue weighted by Gasteiger charge is -2.27. The summed E-state index contributed by atoms with van der Waals surface area (Å²) in [6, 6.07) is 84.3. The van der Waals surface area contributed by atoms with E-state index in [0.717, 1.165) is 22.7 Å². The molecular formula is C58H38N2S. The zero-order valence-corrected chi connectivity index (χ0v) is 34.1. The Balaban J connectivity index is 1.12. The Bertz CT molecular complexity index is 3560. The van der Waals surface area contributed by atoms with Crippen molar-refractivity contribution in [1.29, 1.82) is 0 Å². The summed E-state index contributed by atoms with van der Waals surface area (Å²) in [5, 5.41) is 7.50. The zero-order valence-electron chi connectivity index (χ0n) is 33.2. The molecule has 0 atom stereocenters. The van der Waals surface area contributed by atoms with Crippen LogP contribution in [0, 0.1) is 0 Å². The molecule has 0 saturated carbocycles. The second-order valence-electron chi connectivity index (χ2n) is 15.7. The highest BCUT2D eigenvalue weighted by Gasteiger charge is 2.22. The van der Waals surface area contributed by atoms with Gasteiger partial charge in [-0.05, 0) is 98.8 Å². The van der Waals surface area contributed by atoms with E-state index in [4.69, 9.17) is 0 Å². The lowest BCUT2D eigenvalue weighted by molar-refractivity contribution is 1.18. The van der Waals surface area contributed by atoms with Crippen LogP contribution in [0.3, 0.4) is 0 Å². The van der Waals surface area contributed by atoms with Crippen molar-refractivity contribution < 1.29 is 0 Å². The van der Waals surface area contributed by atoms with E-state index in [1.165, 1.54) is 86.1 Å². The molecule has 286 valence electrons. The highest BCUT2D eigenvalue weighted by Crippen LogP contribution is 2.48. The first kappa shape index (κ1) is 35.2. The molecular weight excluding hydrogens is 757 g/mol. The fraction of sp³-hybridized carbons (Fsp3) is 0. The molecule has 2 aromatic heterocycles. The Hall–Kier alpha value is -7.72. The minimum Gasteiger partial charge on any atom is -0.309 e. The number of benzene rings is 10. The van der Waals surface area contributed by atoms with E-state index in [1.807, 2.05) is 11.3 Å². The predicted octanol–water partition coefficient (Wildman–Crippen LogP) is 16.8. The lowest BCUT2D eigenvalue weighted by Crippen LogP contribution is -2.11. The number of nitrogens with zero attached hydrogens (tertiary/aromatic N) is 2. The van der Waals surface area contributed by atoms with Crippen LogP contribution in [0.1, 0.15) is 0 Å². The molecule has 0 unspecified atom stereocenters. The molecule has 61 heavy (non-hydrogen) atoms. The number of rotatable bonds is 7. The first-order valence-corrected chi connectivity index (χ1v) is 21.6. The van der Waals surface area contributed by atoms with Gasteiger partial charge in [0, 0.05) is 43.3 Å². The predicted molar refractivity (Wildman–Crippen MR) is 262 cm³/mol. The summed E-state index contributed by atoms with van der Waals surface area (Å²) < 4.78 is 5.00. The molecule has 2 nitrogen and oxygen atoms in total. The monoisotopic (exact) mass is 794 g/mol. The second-order valence-corrected chi connectivity index (χ2v) is 16.8. The maximum atomic E-state index is 2.48. The highest BCUT2D eigenvalue weighted by atomic mass is 32.1. The molecule has 2 heterocycles. The smallest absolute Gasteiger partial charge is 0.0661 e. The Morgan fingerprint density at radius 1 is 0.344 bits per heavy atom. The summed E-state index contributed by atoms with van der Waals surface area (Å²) in [6.45, 7) is 0. The third-order valence-corrected chi connectivity index (χ3v) is 13.4. The summed E-state index contributed by atoms with van der Waals surface area (Å²) in [5.41, 5.74) is 14.1. The van der Waals surface area contributed by atoms with E-state index in [2.05, 4.69) is 240 Å². The van der Waals surface area contributed by atoms with E-state index in [0.29, 0.717) is 0 Å². The van der Waals surface area contributed by atoms with Gasteiger partial charge >= 0.3 is 0 Å². The third kappa shape index (κ3) is 6.01. The zero-order chi connectivity index (χ0) is 40.3. The van der Waals surface area contributed by atoms with Crippen LogP contribution in [0.2, 0.25) is 0 Å². The van der Waals surface area contributed by atoms with Crippen LogP contribution >= 0.6 is 11.3 Å². The van der Waals surface area contributed by atoms with Crippen molar-refractivity contribution in [3.05, 3.63) is 231 Å². The third-order valence-electron chi connectivity index (χ3n) is 12.2. The largest absolute Gasteiger partial charge is 0.309 e. The number of aromatic nitrogens is 1. The normalized spacial score (nSPS) is 11.6. The van der Waals surface area contributed by atoms with Crippen LogP contribution in [-0.2, 0) is 0 Å². The van der Waals surface area contributed by atoms with Crippen molar-refractivity contribution in [3.63, 3.8) is 0 Å². The second kappa shape index (κ2) is 14.5. The van der Waals surface area contributed by atoms with Crippen LogP contribution in [0.4, 0.5) is 17.1 Å². The number of hydrogen-bond acceptors (Lipinski definition) is 2. The molecule has 12 aromatic rings. The average Bonchev–Trinajstić information content (AvgIpc) is 3.88. The molecule has 0 radical (unpaired) electrons. The molecule has 0 aliphatic heterocycles. The van der Waals surface area contributed by atoms with Crippen LogP contribution in [-0.4, -0.2) is 4.57 Å². The quantitative estimate of drug-likeness (QED) is 0.156. The molecule has 0 spiro atoms. The van der Waals surface area contributed by atoms with Gasteiger partial charge in [0.1, 0.15) is 0 Å². The molecule has 12 rings (SSSR count). The van der Waals surface area contributed by atoms with Gasteiger partial charge in [0.2, 0.25) is 0 Å². The van der Waals surface area contributed by atoms with Gasteiger partial charge in [-0.15, -0.1) is 11.3 Å². The number of fused-ring (bicyclic) bond motifs is 7. The molecule has 10 aromatic carbocycles. The summed E-state index contributed by atoms with van der Waals surface area (Å²) in [5.74, 6) is 0. The van der Waals surface area contributed by atoms with Gasteiger partial charge in [-0.2, -0.15) is 0 Å². The maximum Gasteiger partial charge on any atom is 0.0661 e. The topological polar surface area (TPSA) is 8.17 Å². The van der Waals surface area contributed by atoms with Gasteiger partial charge in [-0.1, -0.05) is 176 Å². The Morgan fingerprint density at radius 2 is 0.902 bits per heavy atom. The lowest BCUT2D eigenvalue weighted by atomic mass is 9.98. The Labute approximate surface area is 358 Å². The van der Waals surface area contributed by atoms with Crippen molar-refractivity contribution in [2.24, 2.45) is 0 Å². The van der Waals surface area contributed by atoms with E-state index in [9.17, 15) is 0 Å². The highest BCUT2D eigenvalue weighted by molar-refractivity contribution is 7.26. The van der Waals surface area contributed by atoms with Gasteiger partial charge in [0.05, 0.1) is 21.4 Å². The minimum absolute atomic E-state index is 1.10. The van der Waals surface area contributed by atoms with E-state index < -0.39 is 0 Å². The first-order valence-electron chi connectivity index (χ1n) is 20.8. The van der Waals surface area contributed by atoms with Crippen molar-refractivity contribution in [3.8, 4) is 39.1 Å². The van der Waals surface area contributed by atoms with Crippen molar-refractivity contribution >= 4 is 81.1 Å². The van der Waals surface area contributed by atoms with Gasteiger partial charge in [0.25, 0.3) is 0 Å². The van der Waals surface area contributed by atoms with Crippen LogP contribution in [0.25, 0.3) is 91.8 Å². The summed E-state index contributed by atoms with van der Waals surface area (Å²) >= 11 is 1.87. The first-order chi connectivity index (χ1) is 30.2. The van der Waals surface area contributed by atoms with Crippen molar-refractivity contribution in [1.82, 2.24) is 4.57 Å². The van der Waals surface area contributed by atoms with Crippen LogP contribution in [0.15, 0.2) is 231 Å².